The molecule has 1 rings (SSSR count). The van der Waals surface area contributed by atoms with Gasteiger partial charge >= 0.3 is 5.97 Å². The van der Waals surface area contributed by atoms with Crippen molar-refractivity contribution in [3.8, 4) is 0 Å². The minimum absolute atomic E-state index is 0.198. The van der Waals surface area contributed by atoms with Crippen molar-refractivity contribution in [3.63, 3.8) is 0 Å². The summed E-state index contributed by atoms with van der Waals surface area (Å²) >= 11 is 0. The lowest BCUT2D eigenvalue weighted by molar-refractivity contribution is -0.137. The number of hydrogen-bond acceptors (Lipinski definition) is 3. The fraction of sp³-hybridized carbons (Fsp3) is 0.917. The van der Waals surface area contributed by atoms with E-state index < -0.39 is 5.97 Å². The molecule has 0 amide bonds. The third kappa shape index (κ3) is 3.19. The fourth-order valence-corrected chi connectivity index (χ4v) is 2.64. The number of carboxylic acid groups (broad SMARTS) is 1. The van der Waals surface area contributed by atoms with Crippen LogP contribution in [-0.4, -0.2) is 59.1 Å². The van der Waals surface area contributed by atoms with Crippen molar-refractivity contribution in [1.82, 2.24) is 9.80 Å². The van der Waals surface area contributed by atoms with Gasteiger partial charge in [0.25, 0.3) is 0 Å². The Labute approximate surface area is 98.2 Å². The molecule has 0 spiro atoms. The predicted octanol–water partition coefficient (Wildman–Crippen LogP) is 1.27. The van der Waals surface area contributed by atoms with E-state index in [4.69, 9.17) is 5.11 Å². The number of aliphatic carboxylic acids is 1. The van der Waals surface area contributed by atoms with Crippen LogP contribution in [0, 0.1) is 0 Å². The summed E-state index contributed by atoms with van der Waals surface area (Å²) in [5.41, 5.74) is 0.198. The Morgan fingerprint density at radius 1 is 1.50 bits per heavy atom. The Hall–Kier alpha value is -0.610. The van der Waals surface area contributed by atoms with Crippen LogP contribution in [0.3, 0.4) is 0 Å². The first-order valence-electron chi connectivity index (χ1n) is 6.04. The van der Waals surface area contributed by atoms with E-state index in [1.54, 1.807) is 0 Å². The van der Waals surface area contributed by atoms with Gasteiger partial charge in [0, 0.05) is 31.1 Å². The van der Waals surface area contributed by atoms with Crippen molar-refractivity contribution in [2.45, 2.75) is 45.2 Å². The van der Waals surface area contributed by atoms with Crippen molar-refractivity contribution >= 4 is 5.97 Å². The summed E-state index contributed by atoms with van der Waals surface area (Å²) in [7, 11) is 2.10. The first kappa shape index (κ1) is 13.5. The van der Waals surface area contributed by atoms with Crippen LogP contribution >= 0.6 is 0 Å². The number of carbonyl (C=O) groups is 1. The standard InChI is InChI=1S/C12H24N2O2/c1-5-14-8-10(6-7-11(15)16)13(4)9-12(14,2)3/h10H,5-9H2,1-4H3,(H,15,16). The number of likely N-dealkylation sites (N-methyl/N-ethyl adjacent to an activating group) is 2. The predicted molar refractivity (Wildman–Crippen MR) is 64.6 cm³/mol. The Balaban J connectivity index is 2.58. The quantitative estimate of drug-likeness (QED) is 0.787. The van der Waals surface area contributed by atoms with Crippen LogP contribution < -0.4 is 0 Å². The number of nitrogens with zero attached hydrogens (tertiary/aromatic N) is 2. The first-order valence-corrected chi connectivity index (χ1v) is 6.04. The third-order valence-electron chi connectivity index (χ3n) is 3.62. The second-order valence-corrected chi connectivity index (χ2v) is 5.35. The molecule has 1 heterocycles. The van der Waals surface area contributed by atoms with E-state index in [2.05, 4.69) is 37.6 Å². The van der Waals surface area contributed by atoms with Crippen molar-refractivity contribution in [3.05, 3.63) is 0 Å². The summed E-state index contributed by atoms with van der Waals surface area (Å²) in [5, 5.41) is 8.72. The Morgan fingerprint density at radius 3 is 2.62 bits per heavy atom. The summed E-state index contributed by atoms with van der Waals surface area (Å²) in [6.07, 6.45) is 1.02. The summed E-state index contributed by atoms with van der Waals surface area (Å²) in [4.78, 5) is 15.3. The van der Waals surface area contributed by atoms with Gasteiger partial charge in [0.15, 0.2) is 0 Å². The Morgan fingerprint density at radius 2 is 2.12 bits per heavy atom. The maximum Gasteiger partial charge on any atom is 0.303 e. The van der Waals surface area contributed by atoms with Crippen LogP contribution in [-0.2, 0) is 4.79 Å². The summed E-state index contributed by atoms with van der Waals surface area (Å²) in [6.45, 7) is 9.69. The van der Waals surface area contributed by atoms with Crippen LogP contribution in [0.25, 0.3) is 0 Å². The molecule has 0 aliphatic carbocycles. The molecule has 94 valence electrons. The van der Waals surface area contributed by atoms with Crippen LogP contribution in [0.1, 0.15) is 33.6 Å². The molecule has 1 fully saturated rings. The Bertz CT molecular complexity index is 253. The van der Waals surface area contributed by atoms with E-state index in [-0.39, 0.29) is 12.0 Å². The van der Waals surface area contributed by atoms with Crippen LogP contribution in [0.5, 0.6) is 0 Å². The molecule has 0 aromatic rings. The summed E-state index contributed by atoms with van der Waals surface area (Å²) < 4.78 is 0. The molecule has 0 saturated carbocycles. The van der Waals surface area contributed by atoms with Crippen LogP contribution in [0.2, 0.25) is 0 Å². The van der Waals surface area contributed by atoms with Crippen molar-refractivity contribution in [1.29, 1.82) is 0 Å². The van der Waals surface area contributed by atoms with Crippen molar-refractivity contribution in [2.75, 3.05) is 26.7 Å². The second-order valence-electron chi connectivity index (χ2n) is 5.35. The van der Waals surface area contributed by atoms with Gasteiger partial charge in [-0.2, -0.15) is 0 Å². The maximum absolute atomic E-state index is 10.6. The molecule has 1 N–H and O–H groups in total. The van der Waals surface area contributed by atoms with Crippen molar-refractivity contribution < 1.29 is 9.90 Å². The lowest BCUT2D eigenvalue weighted by atomic mass is 9.94. The molecule has 0 aromatic heterocycles. The molecule has 0 aromatic carbocycles. The van der Waals surface area contributed by atoms with E-state index >= 15 is 0 Å². The molecule has 16 heavy (non-hydrogen) atoms. The molecule has 4 heteroatoms. The first-order chi connectivity index (χ1) is 7.36. The van der Waals surface area contributed by atoms with Crippen molar-refractivity contribution in [2.24, 2.45) is 0 Å². The molecule has 1 atom stereocenters. The Kier molecular flexibility index (Phi) is 4.33. The molecule has 1 aliphatic heterocycles. The van der Waals surface area contributed by atoms with Gasteiger partial charge in [-0.25, -0.2) is 0 Å². The van der Waals surface area contributed by atoms with E-state index in [1.165, 1.54) is 0 Å². The van der Waals surface area contributed by atoms with Gasteiger partial charge in [0.2, 0.25) is 0 Å². The monoisotopic (exact) mass is 228 g/mol. The molecule has 1 unspecified atom stereocenters. The van der Waals surface area contributed by atoms with E-state index in [1.807, 2.05) is 0 Å². The van der Waals surface area contributed by atoms with Gasteiger partial charge < -0.3 is 10.0 Å². The maximum atomic E-state index is 10.6. The van der Waals surface area contributed by atoms with E-state index in [0.717, 1.165) is 26.1 Å². The zero-order valence-electron chi connectivity index (χ0n) is 10.9. The van der Waals surface area contributed by atoms with Gasteiger partial charge in [-0.05, 0) is 33.9 Å². The average Bonchev–Trinajstić information content (AvgIpc) is 2.15. The number of carboxylic acids is 1. The summed E-state index contributed by atoms with van der Waals surface area (Å²) in [6, 6.07) is 0.379. The van der Waals surface area contributed by atoms with Gasteiger partial charge in [-0.3, -0.25) is 9.69 Å². The van der Waals surface area contributed by atoms with E-state index in [9.17, 15) is 4.79 Å². The molecule has 4 nitrogen and oxygen atoms in total. The molecule has 1 aliphatic rings. The third-order valence-corrected chi connectivity index (χ3v) is 3.62. The minimum atomic E-state index is -0.693. The average molecular weight is 228 g/mol. The molecule has 0 bridgehead atoms. The largest absolute Gasteiger partial charge is 0.481 e. The highest BCUT2D eigenvalue weighted by molar-refractivity contribution is 5.66. The van der Waals surface area contributed by atoms with Gasteiger partial charge in [-0.1, -0.05) is 6.92 Å². The lowest BCUT2D eigenvalue weighted by Crippen LogP contribution is -2.62. The number of hydrogen-bond donors (Lipinski definition) is 1. The van der Waals surface area contributed by atoms with Crippen LogP contribution in [0.4, 0.5) is 0 Å². The van der Waals surface area contributed by atoms with Gasteiger partial charge in [0.05, 0.1) is 0 Å². The van der Waals surface area contributed by atoms with E-state index in [0.29, 0.717) is 6.04 Å². The zero-order chi connectivity index (χ0) is 12.3. The smallest absolute Gasteiger partial charge is 0.303 e. The SMILES string of the molecule is CCN1CC(CCC(=O)O)N(C)CC1(C)C. The van der Waals surface area contributed by atoms with Gasteiger partial charge in [-0.15, -0.1) is 0 Å². The van der Waals surface area contributed by atoms with Crippen LogP contribution in [0.15, 0.2) is 0 Å². The highest BCUT2D eigenvalue weighted by atomic mass is 16.4. The lowest BCUT2D eigenvalue weighted by Gasteiger charge is -2.49. The molecule has 0 radical (unpaired) electrons. The van der Waals surface area contributed by atoms with Gasteiger partial charge in [0.1, 0.15) is 0 Å². The highest BCUT2D eigenvalue weighted by Gasteiger charge is 2.36. The second kappa shape index (κ2) is 5.15. The summed E-state index contributed by atoms with van der Waals surface area (Å²) in [5.74, 6) is -0.693. The normalized spacial score (nSPS) is 26.9. The molecular formula is C12H24N2O2. The topological polar surface area (TPSA) is 43.8 Å². The minimum Gasteiger partial charge on any atom is -0.481 e. The fourth-order valence-electron chi connectivity index (χ4n) is 2.64. The number of rotatable bonds is 4. The zero-order valence-corrected chi connectivity index (χ0v) is 10.9. The highest BCUT2D eigenvalue weighted by Crippen LogP contribution is 2.24. The number of piperazine rings is 1. The molecular weight excluding hydrogens is 204 g/mol. The molecule has 1 saturated heterocycles.